The average Bonchev–Trinajstić information content (AvgIpc) is 3.94. The van der Waals surface area contributed by atoms with Crippen molar-refractivity contribution in [3.8, 4) is 39.1 Å². The summed E-state index contributed by atoms with van der Waals surface area (Å²) in [5.74, 6) is 0. The molecule has 3 heterocycles. The smallest absolute Gasteiger partial charge is 0.135 e. The van der Waals surface area contributed by atoms with Crippen molar-refractivity contribution in [1.82, 2.24) is 4.57 Å². The highest BCUT2D eigenvalue weighted by Gasteiger charge is 2.38. The molecule has 0 amide bonds. The van der Waals surface area contributed by atoms with E-state index >= 15 is 0 Å². The number of para-hydroxylation sites is 1. The normalized spacial score (nSPS) is 13.5. The van der Waals surface area contributed by atoms with Crippen LogP contribution in [0, 0.1) is 0 Å². The summed E-state index contributed by atoms with van der Waals surface area (Å²) in [7, 11) is 0. The summed E-state index contributed by atoms with van der Waals surface area (Å²) in [6.45, 7) is 4.75. The standard InChI is InChI=1S/C51H33NOS/c1-51(2)42-29-33(21-22-35(42)37-23-26-46-48(49(37)51)39-14-6-8-17-45(39)53-46)52-43-24-19-31(30-11-4-3-5-12-30)27-40(43)41-28-32(20-25-44(41)52)34-15-10-16-38-36-13-7-9-18-47(36)54-50(34)38/h3-29H,1-2H3. The number of hydrogen-bond donors (Lipinski definition) is 0. The van der Waals surface area contributed by atoms with E-state index in [2.05, 4.69) is 182 Å². The van der Waals surface area contributed by atoms with E-state index in [1.807, 2.05) is 11.3 Å². The number of benzene rings is 8. The van der Waals surface area contributed by atoms with Crippen LogP contribution in [0.5, 0.6) is 0 Å². The van der Waals surface area contributed by atoms with Gasteiger partial charge in [0.25, 0.3) is 0 Å². The first-order chi connectivity index (χ1) is 26.5. The van der Waals surface area contributed by atoms with Crippen molar-refractivity contribution in [2.45, 2.75) is 19.3 Å². The molecule has 11 aromatic rings. The molecular weight excluding hydrogens is 675 g/mol. The predicted octanol–water partition coefficient (Wildman–Crippen LogP) is 14.7. The fraction of sp³-hybridized carbons (Fsp3) is 0.0588. The Morgan fingerprint density at radius 1 is 0.481 bits per heavy atom. The molecule has 1 aliphatic carbocycles. The van der Waals surface area contributed by atoms with Crippen molar-refractivity contribution in [2.75, 3.05) is 0 Å². The monoisotopic (exact) mass is 707 g/mol. The van der Waals surface area contributed by atoms with Gasteiger partial charge < -0.3 is 8.98 Å². The SMILES string of the molecule is CC1(C)c2cc(-n3c4ccc(-c5ccccc5)cc4c4cc(-c5cccc6c5sc5ccccc56)ccc43)ccc2-c2ccc3oc4ccccc4c3c21. The number of furan rings is 1. The lowest BCUT2D eigenvalue weighted by molar-refractivity contribution is 0.656. The molecule has 0 radical (unpaired) electrons. The summed E-state index contributed by atoms with van der Waals surface area (Å²) in [5, 5.41) is 7.58. The molecule has 0 bridgehead atoms. The van der Waals surface area contributed by atoms with Gasteiger partial charge in [0.1, 0.15) is 11.2 Å². The summed E-state index contributed by atoms with van der Waals surface area (Å²) in [6, 6.07) is 60.3. The minimum atomic E-state index is -0.220. The van der Waals surface area contributed by atoms with E-state index in [0.29, 0.717) is 0 Å². The van der Waals surface area contributed by atoms with E-state index < -0.39 is 0 Å². The quantitative estimate of drug-likeness (QED) is 0.179. The van der Waals surface area contributed by atoms with Crippen LogP contribution in [0.15, 0.2) is 168 Å². The van der Waals surface area contributed by atoms with E-state index in [1.54, 1.807) is 0 Å². The minimum Gasteiger partial charge on any atom is -0.456 e. The van der Waals surface area contributed by atoms with Gasteiger partial charge in [-0.2, -0.15) is 0 Å². The molecule has 0 N–H and O–H groups in total. The topological polar surface area (TPSA) is 18.1 Å². The fourth-order valence-corrected chi connectivity index (χ4v) is 10.7. The van der Waals surface area contributed by atoms with Crippen LogP contribution in [-0.2, 0) is 5.41 Å². The van der Waals surface area contributed by atoms with Crippen molar-refractivity contribution in [1.29, 1.82) is 0 Å². The molecule has 254 valence electrons. The number of aromatic nitrogens is 1. The summed E-state index contributed by atoms with van der Waals surface area (Å²) in [5.41, 5.74) is 15.5. The van der Waals surface area contributed by atoms with Gasteiger partial charge in [-0.15, -0.1) is 11.3 Å². The second-order valence-corrected chi connectivity index (χ2v) is 16.3. The molecule has 0 saturated heterocycles. The maximum Gasteiger partial charge on any atom is 0.135 e. The van der Waals surface area contributed by atoms with Crippen molar-refractivity contribution >= 4 is 75.3 Å². The molecule has 3 aromatic heterocycles. The highest BCUT2D eigenvalue weighted by molar-refractivity contribution is 7.26. The number of nitrogens with zero attached hydrogens (tertiary/aromatic N) is 1. The Labute approximate surface area is 316 Å². The van der Waals surface area contributed by atoms with Crippen molar-refractivity contribution in [3.05, 3.63) is 175 Å². The first kappa shape index (κ1) is 30.1. The van der Waals surface area contributed by atoms with Gasteiger partial charge >= 0.3 is 0 Å². The Morgan fingerprint density at radius 2 is 1.19 bits per heavy atom. The van der Waals surface area contributed by atoms with Gasteiger partial charge in [0, 0.05) is 52.8 Å². The zero-order valence-corrected chi connectivity index (χ0v) is 30.7. The lowest BCUT2D eigenvalue weighted by Gasteiger charge is -2.23. The average molecular weight is 708 g/mol. The van der Waals surface area contributed by atoms with E-state index in [0.717, 1.165) is 11.2 Å². The van der Waals surface area contributed by atoms with Gasteiger partial charge in [-0.25, -0.2) is 0 Å². The maximum absolute atomic E-state index is 6.37. The molecule has 3 heteroatoms. The Hall–Kier alpha value is -6.42. The summed E-state index contributed by atoms with van der Waals surface area (Å²) >= 11 is 1.89. The van der Waals surface area contributed by atoms with Crippen molar-refractivity contribution < 1.29 is 4.42 Å². The Kier molecular flexibility index (Phi) is 6.03. The summed E-state index contributed by atoms with van der Waals surface area (Å²) in [4.78, 5) is 0. The van der Waals surface area contributed by atoms with Crippen LogP contribution < -0.4 is 0 Å². The van der Waals surface area contributed by atoms with Crippen LogP contribution in [0.4, 0.5) is 0 Å². The molecule has 0 saturated carbocycles. The molecule has 54 heavy (non-hydrogen) atoms. The Morgan fingerprint density at radius 3 is 2.04 bits per heavy atom. The van der Waals surface area contributed by atoms with Gasteiger partial charge in [0.2, 0.25) is 0 Å². The molecule has 0 fully saturated rings. The second-order valence-electron chi connectivity index (χ2n) is 15.3. The molecule has 12 rings (SSSR count). The van der Waals surface area contributed by atoms with Crippen LogP contribution in [0.2, 0.25) is 0 Å². The summed E-state index contributed by atoms with van der Waals surface area (Å²) in [6.07, 6.45) is 0. The minimum absolute atomic E-state index is 0.220. The number of hydrogen-bond acceptors (Lipinski definition) is 2. The molecule has 0 unspecified atom stereocenters. The zero-order valence-electron chi connectivity index (χ0n) is 29.9. The number of rotatable bonds is 3. The van der Waals surface area contributed by atoms with Gasteiger partial charge in [0.05, 0.1) is 11.0 Å². The van der Waals surface area contributed by atoms with Gasteiger partial charge in [-0.05, 0) is 99.1 Å². The highest BCUT2D eigenvalue weighted by Crippen LogP contribution is 2.54. The third kappa shape index (κ3) is 4.05. The highest BCUT2D eigenvalue weighted by atomic mass is 32.1. The van der Waals surface area contributed by atoms with Gasteiger partial charge in [0.15, 0.2) is 0 Å². The molecule has 2 nitrogen and oxygen atoms in total. The summed E-state index contributed by atoms with van der Waals surface area (Å²) < 4.78 is 11.5. The van der Waals surface area contributed by atoms with Crippen LogP contribution in [0.3, 0.4) is 0 Å². The fourth-order valence-electron chi connectivity index (χ4n) is 9.50. The van der Waals surface area contributed by atoms with Crippen molar-refractivity contribution in [2.24, 2.45) is 0 Å². The zero-order chi connectivity index (χ0) is 35.7. The lowest BCUT2D eigenvalue weighted by Crippen LogP contribution is -2.15. The number of fused-ring (bicyclic) bond motifs is 13. The molecule has 0 atom stereocenters. The van der Waals surface area contributed by atoms with E-state index in [4.69, 9.17) is 4.42 Å². The largest absolute Gasteiger partial charge is 0.456 e. The van der Waals surface area contributed by atoms with Crippen molar-refractivity contribution in [3.63, 3.8) is 0 Å². The van der Waals surface area contributed by atoms with Crippen LogP contribution in [0.1, 0.15) is 25.0 Å². The van der Waals surface area contributed by atoms with Crippen LogP contribution in [-0.4, -0.2) is 4.57 Å². The van der Waals surface area contributed by atoms with E-state index in [-0.39, 0.29) is 5.41 Å². The third-order valence-corrected chi connectivity index (χ3v) is 13.2. The molecule has 0 spiro atoms. The van der Waals surface area contributed by atoms with Gasteiger partial charge in [-0.1, -0.05) is 123 Å². The first-order valence-electron chi connectivity index (χ1n) is 18.7. The lowest BCUT2D eigenvalue weighted by atomic mass is 9.80. The maximum atomic E-state index is 6.37. The van der Waals surface area contributed by atoms with E-state index in [9.17, 15) is 0 Å². The van der Waals surface area contributed by atoms with Gasteiger partial charge in [-0.3, -0.25) is 0 Å². The Balaban J connectivity index is 1.09. The molecular formula is C51H33NOS. The first-order valence-corrected chi connectivity index (χ1v) is 19.5. The third-order valence-electron chi connectivity index (χ3n) is 12.0. The molecule has 0 aliphatic heterocycles. The van der Waals surface area contributed by atoms with E-state index in [1.165, 1.54) is 103 Å². The molecule has 8 aromatic carbocycles. The molecule has 1 aliphatic rings. The van der Waals surface area contributed by atoms with Crippen LogP contribution in [0.25, 0.3) is 103 Å². The second kappa shape index (κ2) is 10.8. The van der Waals surface area contributed by atoms with Crippen LogP contribution >= 0.6 is 11.3 Å². The predicted molar refractivity (Wildman–Crippen MR) is 229 cm³/mol. The number of thiophene rings is 1. The Bertz CT molecular complexity index is 3360.